The van der Waals surface area contributed by atoms with Gasteiger partial charge in [-0.05, 0) is 38.1 Å². The van der Waals surface area contributed by atoms with Crippen LogP contribution in [-0.2, 0) is 9.53 Å². The summed E-state index contributed by atoms with van der Waals surface area (Å²) in [5.41, 5.74) is -0.135. The van der Waals surface area contributed by atoms with Gasteiger partial charge in [0.2, 0.25) is 5.91 Å². The van der Waals surface area contributed by atoms with Crippen molar-refractivity contribution in [3.63, 3.8) is 0 Å². The number of carbonyl (C=O) groups is 2. The van der Waals surface area contributed by atoms with Gasteiger partial charge in [-0.2, -0.15) is 0 Å². The Morgan fingerprint density at radius 1 is 1.39 bits per heavy atom. The van der Waals surface area contributed by atoms with E-state index in [9.17, 15) is 9.59 Å². The van der Waals surface area contributed by atoms with Gasteiger partial charge in [-0.3, -0.25) is 9.59 Å². The molecule has 3 heterocycles. The molecule has 0 bridgehead atoms. The van der Waals surface area contributed by atoms with Crippen LogP contribution in [-0.4, -0.2) is 49.1 Å². The zero-order valence-corrected chi connectivity index (χ0v) is 14.5. The second-order valence-electron chi connectivity index (χ2n) is 6.85. The number of nitrogens with zero attached hydrogens (tertiary/aromatic N) is 1. The Kier molecular flexibility index (Phi) is 4.73. The molecule has 1 aromatic rings. The van der Waals surface area contributed by atoms with E-state index >= 15 is 0 Å². The lowest BCUT2D eigenvalue weighted by Gasteiger charge is -2.37. The van der Waals surface area contributed by atoms with Crippen molar-refractivity contribution in [2.45, 2.75) is 32.7 Å². The minimum absolute atomic E-state index is 0.0470. The quantitative estimate of drug-likeness (QED) is 0.920. The van der Waals surface area contributed by atoms with Gasteiger partial charge in [0.15, 0.2) is 0 Å². The van der Waals surface area contributed by atoms with Crippen molar-refractivity contribution in [2.75, 3.05) is 26.3 Å². The minimum Gasteiger partial charge on any atom is -0.381 e. The highest BCUT2D eigenvalue weighted by Crippen LogP contribution is 2.45. The molecule has 0 aliphatic carbocycles. The first-order valence-electron chi connectivity index (χ1n) is 8.23. The molecule has 2 fully saturated rings. The van der Waals surface area contributed by atoms with E-state index in [1.807, 2.05) is 36.3 Å². The maximum atomic E-state index is 12.7. The molecule has 2 aliphatic heterocycles. The molecule has 0 radical (unpaired) electrons. The Morgan fingerprint density at radius 2 is 2.13 bits per heavy atom. The van der Waals surface area contributed by atoms with E-state index in [0.29, 0.717) is 26.3 Å². The summed E-state index contributed by atoms with van der Waals surface area (Å²) in [7, 11) is 0. The topological polar surface area (TPSA) is 58.6 Å². The van der Waals surface area contributed by atoms with Crippen LogP contribution in [0.5, 0.6) is 0 Å². The lowest BCUT2D eigenvalue weighted by Crippen LogP contribution is -2.46. The second kappa shape index (κ2) is 6.61. The number of amides is 2. The Bertz CT molecular complexity index is 564. The van der Waals surface area contributed by atoms with Crippen LogP contribution in [0.2, 0.25) is 0 Å². The van der Waals surface area contributed by atoms with E-state index in [1.54, 1.807) is 0 Å². The molecular formula is C17H24N2O3S. The molecule has 2 aliphatic rings. The predicted octanol–water partition coefficient (Wildman–Crippen LogP) is 2.14. The average Bonchev–Trinajstić information content (AvgIpc) is 3.15. The normalized spacial score (nSPS) is 23.4. The van der Waals surface area contributed by atoms with Crippen LogP contribution in [0, 0.1) is 11.3 Å². The number of carbonyl (C=O) groups excluding carboxylic acids is 2. The maximum absolute atomic E-state index is 12.7. The van der Waals surface area contributed by atoms with Crippen molar-refractivity contribution in [3.8, 4) is 0 Å². The van der Waals surface area contributed by atoms with Gasteiger partial charge in [0.1, 0.15) is 0 Å². The lowest BCUT2D eigenvalue weighted by atomic mass is 9.71. The second-order valence-corrected chi connectivity index (χ2v) is 7.80. The molecule has 0 saturated carbocycles. The van der Waals surface area contributed by atoms with Crippen LogP contribution < -0.4 is 5.32 Å². The summed E-state index contributed by atoms with van der Waals surface area (Å²) in [5, 5.41) is 4.95. The van der Waals surface area contributed by atoms with Gasteiger partial charge < -0.3 is 15.0 Å². The fourth-order valence-corrected chi connectivity index (χ4v) is 4.40. The summed E-state index contributed by atoms with van der Waals surface area (Å²) in [4.78, 5) is 28.0. The number of nitrogens with one attached hydrogen (secondary N) is 1. The van der Waals surface area contributed by atoms with Gasteiger partial charge in [0, 0.05) is 37.8 Å². The van der Waals surface area contributed by atoms with Crippen molar-refractivity contribution < 1.29 is 14.3 Å². The van der Waals surface area contributed by atoms with E-state index in [4.69, 9.17) is 4.74 Å². The van der Waals surface area contributed by atoms with Crippen LogP contribution in [0.15, 0.2) is 17.5 Å². The first-order valence-corrected chi connectivity index (χ1v) is 9.11. The number of likely N-dealkylation sites (tertiary alicyclic amines) is 1. The molecule has 126 valence electrons. The number of hydrogen-bond donors (Lipinski definition) is 1. The predicted molar refractivity (Wildman–Crippen MR) is 89.5 cm³/mol. The third-order valence-electron chi connectivity index (χ3n) is 4.90. The molecule has 1 N–H and O–H groups in total. The third kappa shape index (κ3) is 3.28. The zero-order valence-electron chi connectivity index (χ0n) is 13.7. The van der Waals surface area contributed by atoms with E-state index in [-0.39, 0.29) is 29.2 Å². The van der Waals surface area contributed by atoms with Crippen molar-refractivity contribution >= 4 is 23.2 Å². The van der Waals surface area contributed by atoms with Crippen molar-refractivity contribution in [2.24, 2.45) is 11.3 Å². The number of ether oxygens (including phenoxy) is 1. The van der Waals surface area contributed by atoms with Crippen LogP contribution in [0.3, 0.4) is 0 Å². The Balaban J connectivity index is 1.81. The monoisotopic (exact) mass is 336 g/mol. The van der Waals surface area contributed by atoms with Gasteiger partial charge in [0.25, 0.3) is 5.91 Å². The summed E-state index contributed by atoms with van der Waals surface area (Å²) < 4.78 is 5.50. The highest BCUT2D eigenvalue weighted by molar-refractivity contribution is 7.12. The van der Waals surface area contributed by atoms with Gasteiger partial charge >= 0.3 is 0 Å². The van der Waals surface area contributed by atoms with E-state index in [1.165, 1.54) is 11.3 Å². The van der Waals surface area contributed by atoms with Gasteiger partial charge in [-0.15, -0.1) is 11.3 Å². The number of thiophene rings is 1. The Morgan fingerprint density at radius 3 is 2.74 bits per heavy atom. The summed E-state index contributed by atoms with van der Waals surface area (Å²) in [6.07, 6.45) is 1.69. The lowest BCUT2D eigenvalue weighted by molar-refractivity contribution is -0.130. The third-order valence-corrected chi connectivity index (χ3v) is 5.76. The fourth-order valence-electron chi connectivity index (χ4n) is 3.71. The Hall–Kier alpha value is -1.40. The standard InChI is InChI=1S/C17H24N2O3S/c1-12(2)18-15(20)13-10-19(16(21)14-4-3-9-23-14)11-17(13)5-7-22-8-6-17/h3-4,9,12-13H,5-8,10-11H2,1-2H3,(H,18,20)/t13-/m0/s1. The smallest absolute Gasteiger partial charge is 0.263 e. The SMILES string of the molecule is CC(C)NC(=O)[C@@H]1CN(C(=O)c2cccs2)CC12CCOCC2. The minimum atomic E-state index is -0.141. The molecule has 1 atom stereocenters. The Labute approximate surface area is 141 Å². The summed E-state index contributed by atoms with van der Waals surface area (Å²) in [6, 6.07) is 3.85. The van der Waals surface area contributed by atoms with Crippen molar-refractivity contribution in [1.82, 2.24) is 10.2 Å². The molecule has 0 aromatic carbocycles. The molecular weight excluding hydrogens is 312 g/mol. The highest BCUT2D eigenvalue weighted by Gasteiger charge is 2.51. The number of hydrogen-bond acceptors (Lipinski definition) is 4. The molecule has 1 aromatic heterocycles. The van der Waals surface area contributed by atoms with E-state index < -0.39 is 0 Å². The van der Waals surface area contributed by atoms with Crippen molar-refractivity contribution in [3.05, 3.63) is 22.4 Å². The first kappa shape index (κ1) is 16.5. The molecule has 23 heavy (non-hydrogen) atoms. The molecule has 1 spiro atoms. The van der Waals surface area contributed by atoms with Gasteiger partial charge in [0.05, 0.1) is 10.8 Å². The molecule has 2 saturated heterocycles. The zero-order chi connectivity index (χ0) is 16.4. The van der Waals surface area contributed by atoms with Gasteiger partial charge in [-0.25, -0.2) is 0 Å². The fraction of sp³-hybridized carbons (Fsp3) is 0.647. The van der Waals surface area contributed by atoms with Crippen LogP contribution >= 0.6 is 11.3 Å². The van der Waals surface area contributed by atoms with E-state index in [2.05, 4.69) is 5.32 Å². The molecule has 6 heteroatoms. The summed E-state index contributed by atoms with van der Waals surface area (Å²) in [5.74, 6) is -0.0215. The maximum Gasteiger partial charge on any atom is 0.263 e. The van der Waals surface area contributed by atoms with Crippen LogP contribution in [0.4, 0.5) is 0 Å². The van der Waals surface area contributed by atoms with E-state index in [0.717, 1.165) is 17.7 Å². The molecule has 5 nitrogen and oxygen atoms in total. The highest BCUT2D eigenvalue weighted by atomic mass is 32.1. The van der Waals surface area contributed by atoms with Gasteiger partial charge in [-0.1, -0.05) is 6.07 Å². The summed E-state index contributed by atoms with van der Waals surface area (Å²) in [6.45, 7) is 6.45. The van der Waals surface area contributed by atoms with Crippen LogP contribution in [0.1, 0.15) is 36.4 Å². The first-order chi connectivity index (χ1) is 11.0. The largest absolute Gasteiger partial charge is 0.381 e. The van der Waals surface area contributed by atoms with Crippen molar-refractivity contribution in [1.29, 1.82) is 0 Å². The summed E-state index contributed by atoms with van der Waals surface area (Å²) >= 11 is 1.46. The molecule has 0 unspecified atom stereocenters. The van der Waals surface area contributed by atoms with Crippen LogP contribution in [0.25, 0.3) is 0 Å². The average molecular weight is 336 g/mol. The number of rotatable bonds is 3. The molecule has 2 amide bonds. The molecule has 3 rings (SSSR count).